The fraction of sp³-hybridized carbons (Fsp3) is 0.652. The van der Waals surface area contributed by atoms with Gasteiger partial charge in [0.1, 0.15) is 0 Å². The highest BCUT2D eigenvalue weighted by Crippen LogP contribution is 2.76. The van der Waals surface area contributed by atoms with Crippen LogP contribution in [0.5, 0.6) is 0 Å². The Hall–Kier alpha value is -1.04. The van der Waals surface area contributed by atoms with Gasteiger partial charge in [-0.1, -0.05) is 36.5 Å². The monoisotopic (exact) mass is 304 g/mol. The van der Waals surface area contributed by atoms with Gasteiger partial charge in [-0.15, -0.1) is 13.2 Å². The molecular weight excluding hydrogens is 276 g/mol. The minimum Gasteiger partial charge on any atom is -0.103 e. The van der Waals surface area contributed by atoms with Crippen molar-refractivity contribution in [1.82, 2.24) is 0 Å². The van der Waals surface area contributed by atoms with Gasteiger partial charge in [0.25, 0.3) is 0 Å². The van der Waals surface area contributed by atoms with Crippen LogP contribution in [0.1, 0.15) is 19.3 Å². The third kappa shape index (κ3) is 1.38. The van der Waals surface area contributed by atoms with Gasteiger partial charge in [-0.2, -0.15) is 0 Å². The van der Waals surface area contributed by atoms with Gasteiger partial charge in [-0.25, -0.2) is 0 Å². The highest BCUT2D eigenvalue weighted by Gasteiger charge is 2.71. The molecule has 6 aliphatic carbocycles. The van der Waals surface area contributed by atoms with E-state index >= 15 is 0 Å². The van der Waals surface area contributed by atoms with E-state index in [2.05, 4.69) is 49.6 Å². The zero-order chi connectivity index (χ0) is 15.3. The lowest BCUT2D eigenvalue weighted by Crippen LogP contribution is -2.43. The Morgan fingerprint density at radius 3 is 1.57 bits per heavy atom. The molecule has 5 saturated carbocycles. The first-order valence-electron chi connectivity index (χ1n) is 9.93. The molecule has 0 saturated heterocycles. The summed E-state index contributed by atoms with van der Waals surface area (Å²) in [7, 11) is 0. The number of allylic oxidation sites excluding steroid dienone is 6. The first kappa shape index (κ1) is 13.3. The zero-order valence-corrected chi connectivity index (χ0v) is 13.9. The van der Waals surface area contributed by atoms with Gasteiger partial charge in [0.15, 0.2) is 0 Å². The van der Waals surface area contributed by atoms with E-state index in [1.54, 1.807) is 6.42 Å². The largest absolute Gasteiger partial charge is 0.103 e. The number of hydrogen-bond donors (Lipinski definition) is 0. The molecule has 0 aromatic rings. The summed E-state index contributed by atoms with van der Waals surface area (Å²) < 4.78 is 0. The van der Waals surface area contributed by atoms with E-state index in [9.17, 15) is 0 Å². The van der Waals surface area contributed by atoms with E-state index in [1.165, 1.54) is 12.8 Å². The Balaban J connectivity index is 1.41. The van der Waals surface area contributed by atoms with Crippen molar-refractivity contribution in [3.05, 3.63) is 49.6 Å². The molecule has 6 aliphatic rings. The van der Waals surface area contributed by atoms with Crippen molar-refractivity contribution in [2.45, 2.75) is 19.3 Å². The van der Waals surface area contributed by atoms with Crippen LogP contribution in [-0.2, 0) is 0 Å². The molecule has 0 N–H and O–H groups in total. The van der Waals surface area contributed by atoms with Crippen molar-refractivity contribution in [3.63, 3.8) is 0 Å². The predicted molar refractivity (Wildman–Crippen MR) is 94.4 cm³/mol. The highest BCUT2D eigenvalue weighted by atomic mass is 14.8. The van der Waals surface area contributed by atoms with Crippen molar-refractivity contribution in [3.8, 4) is 0 Å². The van der Waals surface area contributed by atoms with Crippen LogP contribution in [0, 0.1) is 71.0 Å². The second kappa shape index (κ2) is 4.32. The van der Waals surface area contributed by atoms with Crippen LogP contribution in [0.3, 0.4) is 0 Å². The molecule has 0 amide bonds. The number of hydrogen-bond acceptors (Lipinski definition) is 0. The second-order valence-electron chi connectivity index (χ2n) is 9.40. The molecule has 0 nitrogen and oxygen atoms in total. The van der Waals surface area contributed by atoms with E-state index in [0.717, 1.165) is 71.0 Å². The first-order chi connectivity index (χ1) is 11.3. The SMILES string of the molecule is C=CC1CC(C=C)C2C3CC(C12)C1C2CC(C4C=CC=CC42)C31. The predicted octanol–water partition coefficient (Wildman–Crippen LogP) is 5.12. The lowest BCUT2D eigenvalue weighted by atomic mass is 9.57. The normalized spacial score (nSPS) is 63.1. The Morgan fingerprint density at radius 1 is 0.609 bits per heavy atom. The van der Waals surface area contributed by atoms with Crippen LogP contribution in [0.4, 0.5) is 0 Å². The first-order valence-corrected chi connectivity index (χ1v) is 9.93. The fourth-order valence-electron chi connectivity index (χ4n) is 9.10. The molecule has 0 spiro atoms. The molecule has 0 heteroatoms. The maximum atomic E-state index is 4.20. The molecule has 0 aromatic heterocycles. The number of fused-ring (bicyclic) bond motifs is 15. The molecule has 120 valence electrons. The van der Waals surface area contributed by atoms with Crippen LogP contribution >= 0.6 is 0 Å². The Labute approximate surface area is 140 Å². The fourth-order valence-corrected chi connectivity index (χ4v) is 9.10. The topological polar surface area (TPSA) is 0 Å². The van der Waals surface area contributed by atoms with Gasteiger partial charge in [0.2, 0.25) is 0 Å². The molecule has 12 atom stereocenters. The molecule has 6 rings (SSSR count). The molecular formula is C23H28. The summed E-state index contributed by atoms with van der Waals surface area (Å²) in [5.74, 6) is 11.3. The van der Waals surface area contributed by atoms with E-state index in [-0.39, 0.29) is 0 Å². The van der Waals surface area contributed by atoms with Gasteiger partial charge < -0.3 is 0 Å². The van der Waals surface area contributed by atoms with E-state index in [4.69, 9.17) is 0 Å². The van der Waals surface area contributed by atoms with Gasteiger partial charge in [0.05, 0.1) is 0 Å². The number of rotatable bonds is 2. The van der Waals surface area contributed by atoms with Crippen LogP contribution in [0.25, 0.3) is 0 Å². The summed E-state index contributed by atoms with van der Waals surface area (Å²) in [6.45, 7) is 8.40. The minimum atomic E-state index is 0.774. The molecule has 0 aliphatic heterocycles. The van der Waals surface area contributed by atoms with Crippen molar-refractivity contribution >= 4 is 0 Å². The summed E-state index contributed by atoms with van der Waals surface area (Å²) in [6, 6.07) is 0. The Bertz CT molecular complexity index is 572. The average molecular weight is 304 g/mol. The third-order valence-electron chi connectivity index (χ3n) is 9.29. The van der Waals surface area contributed by atoms with Crippen LogP contribution in [0.2, 0.25) is 0 Å². The Kier molecular flexibility index (Phi) is 2.49. The summed E-state index contributed by atoms with van der Waals surface area (Å²) in [5.41, 5.74) is 0. The molecule has 12 unspecified atom stereocenters. The average Bonchev–Trinajstić information content (AvgIpc) is 3.35. The van der Waals surface area contributed by atoms with Gasteiger partial charge in [-0.05, 0) is 90.3 Å². The second-order valence-corrected chi connectivity index (χ2v) is 9.40. The Morgan fingerprint density at radius 2 is 1.09 bits per heavy atom. The minimum absolute atomic E-state index is 0.774. The van der Waals surface area contributed by atoms with Crippen LogP contribution in [0.15, 0.2) is 49.6 Å². The zero-order valence-electron chi connectivity index (χ0n) is 13.9. The van der Waals surface area contributed by atoms with E-state index < -0.39 is 0 Å². The summed E-state index contributed by atoms with van der Waals surface area (Å²) in [5, 5.41) is 0. The molecule has 4 bridgehead atoms. The van der Waals surface area contributed by atoms with Gasteiger partial charge >= 0.3 is 0 Å². The standard InChI is InChI=1S/C23H28/c1-3-12-9-13(4-2)21-19-11-18(20(12)21)22-16-10-17(23(19)22)15-8-6-5-7-14(15)16/h3-8,12-23H,1-2,9-11H2. The molecule has 0 radical (unpaired) electrons. The maximum Gasteiger partial charge on any atom is -0.0133 e. The highest BCUT2D eigenvalue weighted by molar-refractivity contribution is 5.28. The third-order valence-corrected chi connectivity index (χ3v) is 9.29. The van der Waals surface area contributed by atoms with Crippen molar-refractivity contribution < 1.29 is 0 Å². The lowest BCUT2D eigenvalue weighted by molar-refractivity contribution is 0.0247. The lowest BCUT2D eigenvalue weighted by Gasteiger charge is -2.47. The molecule has 0 aromatic carbocycles. The van der Waals surface area contributed by atoms with Crippen molar-refractivity contribution in [1.29, 1.82) is 0 Å². The smallest absolute Gasteiger partial charge is 0.0133 e. The van der Waals surface area contributed by atoms with Gasteiger partial charge in [0, 0.05) is 0 Å². The molecule has 0 heterocycles. The summed E-state index contributed by atoms with van der Waals surface area (Å²) >= 11 is 0. The quantitative estimate of drug-likeness (QED) is 0.491. The van der Waals surface area contributed by atoms with Crippen LogP contribution in [-0.4, -0.2) is 0 Å². The summed E-state index contributed by atoms with van der Waals surface area (Å²) in [6.07, 6.45) is 18.8. The van der Waals surface area contributed by atoms with E-state index in [1.807, 2.05) is 0 Å². The van der Waals surface area contributed by atoms with Crippen molar-refractivity contribution in [2.24, 2.45) is 71.0 Å². The van der Waals surface area contributed by atoms with Gasteiger partial charge in [-0.3, -0.25) is 0 Å². The van der Waals surface area contributed by atoms with Crippen molar-refractivity contribution in [2.75, 3.05) is 0 Å². The molecule has 5 fully saturated rings. The summed E-state index contributed by atoms with van der Waals surface area (Å²) in [4.78, 5) is 0. The molecule has 23 heavy (non-hydrogen) atoms. The van der Waals surface area contributed by atoms with Crippen LogP contribution < -0.4 is 0 Å². The maximum absolute atomic E-state index is 4.20. The van der Waals surface area contributed by atoms with E-state index in [0.29, 0.717) is 0 Å².